The van der Waals surface area contributed by atoms with Crippen molar-refractivity contribution in [2.45, 2.75) is 38.6 Å². The highest BCUT2D eigenvalue weighted by Gasteiger charge is 2.24. The van der Waals surface area contributed by atoms with Gasteiger partial charge in [-0.25, -0.2) is 4.57 Å². The predicted molar refractivity (Wildman–Crippen MR) is 106 cm³/mol. The third-order valence-corrected chi connectivity index (χ3v) is 4.82. The van der Waals surface area contributed by atoms with Gasteiger partial charge in [-0.15, -0.1) is 0 Å². The fraction of sp³-hybridized carbons (Fsp3) is 0.368. The first-order valence-electron chi connectivity index (χ1n) is 8.56. The Labute approximate surface area is 164 Å². The van der Waals surface area contributed by atoms with E-state index in [0.717, 1.165) is 16.9 Å². The molecule has 27 heavy (non-hydrogen) atoms. The molecule has 0 aliphatic heterocycles. The number of halogens is 1. The Morgan fingerprint density at radius 3 is 2.52 bits per heavy atom. The van der Waals surface area contributed by atoms with Crippen molar-refractivity contribution in [3.63, 3.8) is 0 Å². The van der Waals surface area contributed by atoms with Crippen LogP contribution in [0.2, 0.25) is 5.02 Å². The summed E-state index contributed by atoms with van der Waals surface area (Å²) >= 11 is 6.36. The zero-order valence-electron chi connectivity index (χ0n) is 15.4. The molecule has 0 heterocycles. The first-order valence-corrected chi connectivity index (χ1v) is 10.5. The fourth-order valence-corrected chi connectivity index (χ4v) is 3.32. The Balaban J connectivity index is 1.89. The molecule has 2 rings (SSSR count). The molecule has 0 fully saturated rings. The molecule has 148 valence electrons. The van der Waals surface area contributed by atoms with Crippen molar-refractivity contribution >= 4 is 19.4 Å². The minimum Gasteiger partial charge on any atom is -0.457 e. The van der Waals surface area contributed by atoms with Crippen molar-refractivity contribution < 1.29 is 23.6 Å². The number of phosphoric acid groups is 1. The van der Waals surface area contributed by atoms with Crippen molar-refractivity contribution in [2.75, 3.05) is 6.61 Å². The van der Waals surface area contributed by atoms with E-state index in [1.54, 1.807) is 13.0 Å². The summed E-state index contributed by atoms with van der Waals surface area (Å²) < 4.78 is 21.1. The minimum atomic E-state index is -4.51. The minimum absolute atomic E-state index is 0.214. The van der Waals surface area contributed by atoms with Gasteiger partial charge >= 0.3 is 7.82 Å². The summed E-state index contributed by atoms with van der Waals surface area (Å²) in [6.07, 6.45) is 1.92. The van der Waals surface area contributed by atoms with Gasteiger partial charge in [-0.2, -0.15) is 0 Å². The molecule has 0 amide bonds. The zero-order valence-corrected chi connectivity index (χ0v) is 17.0. The molecule has 0 aliphatic carbocycles. The maximum Gasteiger partial charge on any atom is 0.469 e. The normalized spacial score (nSPS) is 14.0. The van der Waals surface area contributed by atoms with Crippen molar-refractivity contribution in [1.82, 2.24) is 0 Å². The van der Waals surface area contributed by atoms with Gasteiger partial charge in [-0.05, 0) is 68.5 Å². The topological polar surface area (TPSA) is 102 Å². The number of hydrogen-bond donors (Lipinski definition) is 3. The van der Waals surface area contributed by atoms with Crippen molar-refractivity contribution in [3.05, 3.63) is 58.6 Å². The van der Waals surface area contributed by atoms with E-state index in [1.165, 1.54) is 0 Å². The maximum absolute atomic E-state index is 10.8. The third kappa shape index (κ3) is 8.01. The van der Waals surface area contributed by atoms with Crippen LogP contribution in [0.4, 0.5) is 0 Å². The van der Waals surface area contributed by atoms with E-state index in [-0.39, 0.29) is 6.61 Å². The number of aryl methyl sites for hydroxylation is 2. The van der Waals surface area contributed by atoms with E-state index < -0.39 is 13.4 Å². The van der Waals surface area contributed by atoms with Crippen molar-refractivity contribution in [2.24, 2.45) is 5.73 Å². The van der Waals surface area contributed by atoms with E-state index in [1.807, 2.05) is 43.3 Å². The summed E-state index contributed by atoms with van der Waals surface area (Å²) in [5.41, 5.74) is 7.27. The van der Waals surface area contributed by atoms with Crippen LogP contribution in [0.3, 0.4) is 0 Å². The molecule has 0 spiro atoms. The van der Waals surface area contributed by atoms with Gasteiger partial charge in [-0.3, -0.25) is 4.52 Å². The van der Waals surface area contributed by atoms with E-state index >= 15 is 0 Å². The molecule has 4 N–H and O–H groups in total. The molecule has 0 aromatic heterocycles. The predicted octanol–water partition coefficient (Wildman–Crippen LogP) is 4.59. The molecular weight excluding hydrogens is 389 g/mol. The molecule has 8 heteroatoms. The van der Waals surface area contributed by atoms with E-state index in [0.29, 0.717) is 30.0 Å². The number of ether oxygens (including phenoxy) is 1. The lowest BCUT2D eigenvalue weighted by atomic mass is 9.95. The van der Waals surface area contributed by atoms with Crippen molar-refractivity contribution in [1.29, 1.82) is 0 Å². The molecule has 2 aromatic rings. The largest absolute Gasteiger partial charge is 0.469 e. The van der Waals surface area contributed by atoms with Crippen molar-refractivity contribution in [3.8, 4) is 11.5 Å². The van der Waals surface area contributed by atoms with Crippen LogP contribution in [0.5, 0.6) is 11.5 Å². The average Bonchev–Trinajstić information content (AvgIpc) is 2.55. The number of benzene rings is 2. The van der Waals surface area contributed by atoms with Gasteiger partial charge in [0, 0.05) is 10.6 Å². The molecule has 0 radical (unpaired) electrons. The fourth-order valence-electron chi connectivity index (χ4n) is 2.60. The standard InChI is InChI=1S/C19H25ClNO5P/c1-14-5-3-7-16(11-14)26-17-9-8-15(18(20)12-17)6-4-10-19(2,21)13-25-27(22,23)24/h3,5,7-9,11-12H,4,6,10,13,21H2,1-2H3,(H2,22,23,24). The molecule has 0 bridgehead atoms. The number of hydrogen-bond acceptors (Lipinski definition) is 4. The van der Waals surface area contributed by atoms with E-state index in [2.05, 4.69) is 4.52 Å². The maximum atomic E-state index is 10.8. The summed E-state index contributed by atoms with van der Waals surface area (Å²) in [5, 5.41) is 0.602. The van der Waals surface area contributed by atoms with Gasteiger partial charge in [-0.1, -0.05) is 29.8 Å². The lowest BCUT2D eigenvalue weighted by molar-refractivity contribution is 0.153. The monoisotopic (exact) mass is 413 g/mol. The average molecular weight is 414 g/mol. The number of nitrogens with two attached hydrogens (primary N) is 1. The Morgan fingerprint density at radius 2 is 1.89 bits per heavy atom. The highest BCUT2D eigenvalue weighted by Crippen LogP contribution is 2.37. The second kappa shape index (κ2) is 9.20. The number of rotatable bonds is 9. The van der Waals surface area contributed by atoms with Gasteiger partial charge in [0.1, 0.15) is 11.5 Å². The first-order chi connectivity index (χ1) is 12.5. The molecule has 1 atom stereocenters. The van der Waals surface area contributed by atoms with Crippen LogP contribution in [0, 0.1) is 6.92 Å². The SMILES string of the molecule is Cc1cccc(Oc2ccc(CCCC(C)(N)COP(=O)(O)O)c(Cl)c2)c1. The summed E-state index contributed by atoms with van der Waals surface area (Å²) in [6.45, 7) is 3.48. The van der Waals surface area contributed by atoms with Gasteiger partial charge in [0.25, 0.3) is 0 Å². The summed E-state index contributed by atoms with van der Waals surface area (Å²) in [7, 11) is -4.51. The second-order valence-corrected chi connectivity index (χ2v) is 8.59. The Morgan fingerprint density at radius 1 is 1.19 bits per heavy atom. The van der Waals surface area contributed by atoms with Crippen LogP contribution in [0.1, 0.15) is 30.9 Å². The van der Waals surface area contributed by atoms with Crippen LogP contribution >= 0.6 is 19.4 Å². The van der Waals surface area contributed by atoms with Crippen LogP contribution in [-0.2, 0) is 15.5 Å². The van der Waals surface area contributed by atoms with Crippen LogP contribution in [0.15, 0.2) is 42.5 Å². The van der Waals surface area contributed by atoms with Gasteiger partial charge < -0.3 is 20.3 Å². The molecule has 2 aromatic carbocycles. The molecule has 0 aliphatic rings. The lowest BCUT2D eigenvalue weighted by Crippen LogP contribution is -2.40. The van der Waals surface area contributed by atoms with Crippen LogP contribution in [0.25, 0.3) is 0 Å². The van der Waals surface area contributed by atoms with E-state index in [4.69, 9.17) is 31.9 Å². The summed E-state index contributed by atoms with van der Waals surface area (Å²) in [6, 6.07) is 13.3. The lowest BCUT2D eigenvalue weighted by Gasteiger charge is -2.24. The van der Waals surface area contributed by atoms with E-state index in [9.17, 15) is 4.57 Å². The first kappa shape index (κ1) is 21.9. The third-order valence-electron chi connectivity index (χ3n) is 4.01. The Bertz CT molecular complexity index is 821. The Hall–Kier alpha value is -1.40. The summed E-state index contributed by atoms with van der Waals surface area (Å²) in [5.74, 6) is 1.41. The molecular formula is C19H25ClNO5P. The zero-order chi connectivity index (χ0) is 20.1. The van der Waals surface area contributed by atoms with Gasteiger partial charge in [0.05, 0.1) is 6.61 Å². The van der Waals surface area contributed by atoms with Gasteiger partial charge in [0.2, 0.25) is 0 Å². The molecule has 1 unspecified atom stereocenters. The van der Waals surface area contributed by atoms with Crippen LogP contribution in [-0.4, -0.2) is 21.9 Å². The van der Waals surface area contributed by atoms with Gasteiger partial charge in [0.15, 0.2) is 0 Å². The smallest absolute Gasteiger partial charge is 0.457 e. The molecule has 0 saturated carbocycles. The molecule has 6 nitrogen and oxygen atoms in total. The Kier molecular flexibility index (Phi) is 7.46. The second-order valence-electron chi connectivity index (χ2n) is 6.94. The number of phosphoric ester groups is 1. The molecule has 0 saturated heterocycles. The van der Waals surface area contributed by atoms with Crippen LogP contribution < -0.4 is 10.5 Å². The highest BCUT2D eigenvalue weighted by atomic mass is 35.5. The highest BCUT2D eigenvalue weighted by molar-refractivity contribution is 7.46. The summed E-state index contributed by atoms with van der Waals surface area (Å²) in [4.78, 5) is 17.5. The quantitative estimate of drug-likeness (QED) is 0.519.